The van der Waals surface area contributed by atoms with Gasteiger partial charge in [0.05, 0.1) is 0 Å². The van der Waals surface area contributed by atoms with Crippen LogP contribution in [0.3, 0.4) is 0 Å². The number of alkyl halides is 1. The molecule has 0 fully saturated rings. The number of rotatable bonds is 4. The molecule has 2 rings (SSSR count). The molecule has 1 aliphatic rings. The highest BCUT2D eigenvalue weighted by molar-refractivity contribution is 9.09. The van der Waals surface area contributed by atoms with Crippen LogP contribution in [-0.2, 0) is 17.2 Å². The predicted molar refractivity (Wildman–Crippen MR) is 84.4 cm³/mol. The molecule has 0 aliphatic carbocycles. The van der Waals surface area contributed by atoms with Gasteiger partial charge in [0.25, 0.3) is 0 Å². The molecule has 1 aromatic rings. The van der Waals surface area contributed by atoms with Crippen molar-refractivity contribution >= 4 is 15.9 Å². The molecule has 1 heterocycles. The lowest BCUT2D eigenvalue weighted by atomic mass is 9.93. The summed E-state index contributed by atoms with van der Waals surface area (Å²) in [4.78, 5) is 0. The molecule has 0 atom stereocenters. The molecular weight excluding hydrogens is 302 g/mol. The zero-order chi connectivity index (χ0) is 13.9. The summed E-state index contributed by atoms with van der Waals surface area (Å²) in [5.41, 5.74) is 4.07. The summed E-state index contributed by atoms with van der Waals surface area (Å²) in [5, 5.41) is 3.45. The van der Waals surface area contributed by atoms with Crippen molar-refractivity contribution in [2.45, 2.75) is 31.0 Å². The van der Waals surface area contributed by atoms with Gasteiger partial charge in [-0.25, -0.2) is 0 Å². The molecule has 0 spiro atoms. The van der Waals surface area contributed by atoms with Crippen LogP contribution in [0.5, 0.6) is 5.75 Å². The van der Waals surface area contributed by atoms with Crippen molar-refractivity contribution in [1.82, 2.24) is 5.32 Å². The maximum absolute atomic E-state index is 5.85. The minimum atomic E-state index is -0.0851. The van der Waals surface area contributed by atoms with Crippen molar-refractivity contribution in [3.05, 3.63) is 41.5 Å². The van der Waals surface area contributed by atoms with Crippen LogP contribution >= 0.6 is 15.9 Å². The van der Waals surface area contributed by atoms with E-state index in [9.17, 15) is 0 Å². The number of hydrogen-bond donors (Lipinski definition) is 1. The lowest BCUT2D eigenvalue weighted by Gasteiger charge is -2.23. The van der Waals surface area contributed by atoms with E-state index in [4.69, 9.17) is 4.74 Å². The zero-order valence-corrected chi connectivity index (χ0v) is 13.3. The Kier molecular flexibility index (Phi) is 4.69. The first-order chi connectivity index (χ1) is 9.02. The standard InChI is InChI=1S/C16H22BrNO/c1-4-9-19-15-11-13-6-8-18-7-5-12(13)10-14(15)16(2,3)17/h4,10-11,18H,1,5-9H2,2-3H3. The highest BCUT2D eigenvalue weighted by Gasteiger charge is 2.23. The smallest absolute Gasteiger partial charge is 0.124 e. The van der Waals surface area contributed by atoms with E-state index in [0.717, 1.165) is 31.7 Å². The summed E-state index contributed by atoms with van der Waals surface area (Å²) in [6.07, 6.45) is 3.95. The van der Waals surface area contributed by atoms with Crippen LogP contribution in [0.4, 0.5) is 0 Å². The van der Waals surface area contributed by atoms with E-state index < -0.39 is 0 Å². The Balaban J connectivity index is 2.44. The summed E-state index contributed by atoms with van der Waals surface area (Å²) in [6, 6.07) is 4.51. The van der Waals surface area contributed by atoms with Gasteiger partial charge >= 0.3 is 0 Å². The van der Waals surface area contributed by atoms with Gasteiger partial charge in [-0.2, -0.15) is 0 Å². The Bertz CT molecular complexity index is 463. The normalized spacial score (nSPS) is 15.5. The second kappa shape index (κ2) is 6.10. The molecule has 0 bridgehead atoms. The Morgan fingerprint density at radius 1 is 1.32 bits per heavy atom. The van der Waals surface area contributed by atoms with E-state index in [2.05, 4.69) is 53.8 Å². The van der Waals surface area contributed by atoms with Crippen LogP contribution < -0.4 is 10.1 Å². The number of fused-ring (bicyclic) bond motifs is 1. The summed E-state index contributed by atoms with van der Waals surface area (Å²) >= 11 is 3.76. The average Bonchev–Trinajstić information content (AvgIpc) is 2.58. The van der Waals surface area contributed by atoms with Gasteiger partial charge in [-0.3, -0.25) is 0 Å². The molecule has 2 nitrogen and oxygen atoms in total. The Morgan fingerprint density at radius 2 is 1.95 bits per heavy atom. The van der Waals surface area contributed by atoms with Crippen LogP contribution in [0.25, 0.3) is 0 Å². The quantitative estimate of drug-likeness (QED) is 0.675. The Labute approximate surface area is 124 Å². The molecule has 0 aromatic heterocycles. The predicted octanol–water partition coefficient (Wildman–Crippen LogP) is 3.57. The van der Waals surface area contributed by atoms with E-state index in [-0.39, 0.29) is 4.32 Å². The van der Waals surface area contributed by atoms with Crippen molar-refractivity contribution in [3.63, 3.8) is 0 Å². The van der Waals surface area contributed by atoms with Crippen molar-refractivity contribution in [2.24, 2.45) is 0 Å². The lowest BCUT2D eigenvalue weighted by Crippen LogP contribution is -2.16. The van der Waals surface area contributed by atoms with Gasteiger partial charge in [-0.05, 0) is 57.0 Å². The number of hydrogen-bond acceptors (Lipinski definition) is 2. The van der Waals surface area contributed by atoms with E-state index in [0.29, 0.717) is 6.61 Å². The van der Waals surface area contributed by atoms with E-state index in [1.165, 1.54) is 16.7 Å². The molecule has 3 heteroatoms. The molecule has 19 heavy (non-hydrogen) atoms. The lowest BCUT2D eigenvalue weighted by molar-refractivity contribution is 0.356. The summed E-state index contributed by atoms with van der Waals surface area (Å²) < 4.78 is 5.77. The first-order valence-electron chi connectivity index (χ1n) is 6.82. The Morgan fingerprint density at radius 3 is 2.53 bits per heavy atom. The number of ether oxygens (including phenoxy) is 1. The average molecular weight is 324 g/mol. The maximum atomic E-state index is 5.85. The molecule has 1 aliphatic heterocycles. The minimum absolute atomic E-state index is 0.0851. The summed E-state index contributed by atoms with van der Waals surface area (Å²) in [5.74, 6) is 0.974. The molecule has 0 radical (unpaired) electrons. The fraction of sp³-hybridized carbons (Fsp3) is 0.500. The van der Waals surface area contributed by atoms with Crippen LogP contribution in [0.2, 0.25) is 0 Å². The van der Waals surface area contributed by atoms with Crippen LogP contribution in [0, 0.1) is 0 Å². The molecular formula is C16H22BrNO. The zero-order valence-electron chi connectivity index (χ0n) is 11.8. The third kappa shape index (κ3) is 3.61. The van der Waals surface area contributed by atoms with Gasteiger partial charge < -0.3 is 10.1 Å². The highest BCUT2D eigenvalue weighted by atomic mass is 79.9. The molecule has 0 saturated heterocycles. The second-order valence-corrected chi connectivity index (χ2v) is 7.42. The molecule has 0 amide bonds. The molecule has 0 unspecified atom stereocenters. The third-order valence-electron chi connectivity index (χ3n) is 3.44. The number of nitrogens with one attached hydrogen (secondary N) is 1. The largest absolute Gasteiger partial charge is 0.489 e. The number of benzene rings is 1. The third-order valence-corrected chi connectivity index (χ3v) is 3.87. The van der Waals surface area contributed by atoms with Crippen molar-refractivity contribution < 1.29 is 4.74 Å². The van der Waals surface area contributed by atoms with Crippen molar-refractivity contribution in [2.75, 3.05) is 19.7 Å². The molecule has 1 aromatic carbocycles. The minimum Gasteiger partial charge on any atom is -0.489 e. The molecule has 104 valence electrons. The van der Waals surface area contributed by atoms with E-state index >= 15 is 0 Å². The van der Waals surface area contributed by atoms with E-state index in [1.54, 1.807) is 6.08 Å². The van der Waals surface area contributed by atoms with Gasteiger partial charge in [-0.15, -0.1) is 0 Å². The van der Waals surface area contributed by atoms with E-state index in [1.807, 2.05) is 0 Å². The van der Waals surface area contributed by atoms with Crippen LogP contribution in [0.1, 0.15) is 30.5 Å². The van der Waals surface area contributed by atoms with Crippen molar-refractivity contribution in [3.8, 4) is 5.75 Å². The Hall–Kier alpha value is -0.800. The van der Waals surface area contributed by atoms with Crippen LogP contribution in [-0.4, -0.2) is 19.7 Å². The van der Waals surface area contributed by atoms with Gasteiger partial charge in [0.1, 0.15) is 12.4 Å². The van der Waals surface area contributed by atoms with Gasteiger partial charge in [0, 0.05) is 9.89 Å². The first kappa shape index (κ1) is 14.6. The van der Waals surface area contributed by atoms with Gasteiger partial charge in [0.15, 0.2) is 0 Å². The molecule has 0 saturated carbocycles. The van der Waals surface area contributed by atoms with Crippen LogP contribution in [0.15, 0.2) is 24.8 Å². The highest BCUT2D eigenvalue weighted by Crippen LogP contribution is 2.38. The maximum Gasteiger partial charge on any atom is 0.124 e. The number of halogens is 1. The second-order valence-electron chi connectivity index (χ2n) is 5.44. The molecule has 1 N–H and O–H groups in total. The summed E-state index contributed by atoms with van der Waals surface area (Å²) in [7, 11) is 0. The van der Waals surface area contributed by atoms with Crippen molar-refractivity contribution in [1.29, 1.82) is 0 Å². The SMILES string of the molecule is C=CCOc1cc2c(cc1C(C)(C)Br)CCNCC2. The van der Waals surface area contributed by atoms with Gasteiger partial charge in [0.2, 0.25) is 0 Å². The topological polar surface area (TPSA) is 21.3 Å². The summed E-state index contributed by atoms with van der Waals surface area (Å²) in [6.45, 7) is 10.7. The first-order valence-corrected chi connectivity index (χ1v) is 7.61. The monoisotopic (exact) mass is 323 g/mol. The fourth-order valence-corrected chi connectivity index (χ4v) is 2.75. The fourth-order valence-electron chi connectivity index (χ4n) is 2.44. The van der Waals surface area contributed by atoms with Gasteiger partial charge in [-0.1, -0.05) is 34.7 Å².